The molecule has 0 spiro atoms. The Morgan fingerprint density at radius 2 is 1.91 bits per heavy atom. The largest absolute Gasteiger partial charge is 0.494 e. The van der Waals surface area contributed by atoms with Gasteiger partial charge in [-0.3, -0.25) is 19.3 Å². The van der Waals surface area contributed by atoms with Gasteiger partial charge in [0.05, 0.1) is 29.2 Å². The quantitative estimate of drug-likeness (QED) is 0.370. The van der Waals surface area contributed by atoms with E-state index in [4.69, 9.17) is 14.2 Å². The molecular formula is C25H27BrN2O6S. The number of ether oxygens (including phenoxy) is 3. The fourth-order valence-electron chi connectivity index (χ4n) is 3.15. The molecule has 10 heteroatoms. The highest BCUT2D eigenvalue weighted by Gasteiger charge is 2.36. The van der Waals surface area contributed by atoms with Gasteiger partial charge in [-0.05, 0) is 96.0 Å². The summed E-state index contributed by atoms with van der Waals surface area (Å²) in [6, 6.07) is 10.4. The number of amides is 3. The summed E-state index contributed by atoms with van der Waals surface area (Å²) in [6.45, 7) is 6.02. The van der Waals surface area contributed by atoms with Crippen molar-refractivity contribution in [1.82, 2.24) is 4.90 Å². The van der Waals surface area contributed by atoms with Gasteiger partial charge in [-0.15, -0.1) is 0 Å². The van der Waals surface area contributed by atoms with Crippen LogP contribution in [0.5, 0.6) is 17.2 Å². The number of rotatable bonds is 10. The fourth-order valence-corrected chi connectivity index (χ4v) is 4.55. The van der Waals surface area contributed by atoms with Crippen LogP contribution in [0.1, 0.15) is 32.8 Å². The molecule has 35 heavy (non-hydrogen) atoms. The Hall–Kier alpha value is -2.98. The molecule has 2 aromatic carbocycles. The predicted molar refractivity (Wildman–Crippen MR) is 140 cm³/mol. The molecule has 0 aliphatic carbocycles. The molecule has 0 aromatic heterocycles. The third kappa shape index (κ3) is 6.79. The normalized spacial score (nSPS) is 15.3. The zero-order valence-corrected chi connectivity index (χ0v) is 22.3. The minimum atomic E-state index is -0.531. The van der Waals surface area contributed by atoms with Gasteiger partial charge in [-0.25, -0.2) is 0 Å². The Morgan fingerprint density at radius 1 is 1.20 bits per heavy atom. The number of hydrogen-bond donors (Lipinski definition) is 1. The van der Waals surface area contributed by atoms with E-state index in [0.717, 1.165) is 23.1 Å². The Morgan fingerprint density at radius 3 is 2.54 bits per heavy atom. The predicted octanol–water partition coefficient (Wildman–Crippen LogP) is 5.71. The number of thioether (sulfide) groups is 1. The molecule has 1 N–H and O–H groups in total. The highest BCUT2D eigenvalue weighted by molar-refractivity contribution is 9.10. The first kappa shape index (κ1) is 26.6. The monoisotopic (exact) mass is 562 g/mol. The topological polar surface area (TPSA) is 94.2 Å². The molecule has 3 rings (SSSR count). The molecule has 0 bridgehead atoms. The number of imide groups is 1. The summed E-state index contributed by atoms with van der Waals surface area (Å²) in [5.74, 6) is 0.743. The molecule has 0 radical (unpaired) electrons. The first-order valence-electron chi connectivity index (χ1n) is 11.1. The molecule has 1 atom stereocenters. The van der Waals surface area contributed by atoms with E-state index in [-0.39, 0.29) is 17.6 Å². The number of nitrogens with zero attached hydrogens (tertiary/aromatic N) is 1. The van der Waals surface area contributed by atoms with Crippen molar-refractivity contribution in [3.05, 3.63) is 51.3 Å². The van der Waals surface area contributed by atoms with E-state index in [1.807, 2.05) is 20.8 Å². The van der Waals surface area contributed by atoms with Gasteiger partial charge in [0.2, 0.25) is 5.91 Å². The second-order valence-corrected chi connectivity index (χ2v) is 9.49. The van der Waals surface area contributed by atoms with E-state index >= 15 is 0 Å². The van der Waals surface area contributed by atoms with Gasteiger partial charge in [-0.1, -0.05) is 6.92 Å². The lowest BCUT2D eigenvalue weighted by molar-refractivity contribution is -0.127. The molecule has 1 aliphatic heterocycles. The third-order valence-corrected chi connectivity index (χ3v) is 6.56. The van der Waals surface area contributed by atoms with Crippen molar-refractivity contribution in [2.24, 2.45) is 0 Å². The SMILES string of the molecule is CCOc1ccc(NC(=O)CN2C(=O)S/C(=C/c3cc(Br)c(O[C@@H](C)CC)c(OC)c3)C2=O)cc1. The second kappa shape index (κ2) is 12.1. The van der Waals surface area contributed by atoms with Crippen LogP contribution in [-0.4, -0.2) is 48.3 Å². The van der Waals surface area contributed by atoms with Crippen LogP contribution in [0.15, 0.2) is 45.8 Å². The second-order valence-electron chi connectivity index (χ2n) is 7.64. The van der Waals surface area contributed by atoms with E-state index in [2.05, 4.69) is 21.2 Å². The van der Waals surface area contributed by atoms with Crippen molar-refractivity contribution in [3.63, 3.8) is 0 Å². The average molecular weight is 563 g/mol. The summed E-state index contributed by atoms with van der Waals surface area (Å²) in [6.07, 6.45) is 2.42. The summed E-state index contributed by atoms with van der Waals surface area (Å²) >= 11 is 4.28. The third-order valence-electron chi connectivity index (χ3n) is 5.07. The van der Waals surface area contributed by atoms with Gasteiger partial charge >= 0.3 is 0 Å². The fraction of sp³-hybridized carbons (Fsp3) is 0.320. The maximum Gasteiger partial charge on any atom is 0.294 e. The zero-order valence-electron chi connectivity index (χ0n) is 19.9. The van der Waals surface area contributed by atoms with E-state index < -0.39 is 17.1 Å². The maximum atomic E-state index is 12.9. The number of hydrogen-bond acceptors (Lipinski definition) is 7. The first-order valence-corrected chi connectivity index (χ1v) is 12.7. The Labute approximate surface area is 217 Å². The molecule has 1 saturated heterocycles. The summed E-state index contributed by atoms with van der Waals surface area (Å²) in [7, 11) is 1.53. The van der Waals surface area contributed by atoms with E-state index in [9.17, 15) is 14.4 Å². The molecule has 3 amide bonds. The van der Waals surface area contributed by atoms with E-state index in [1.165, 1.54) is 7.11 Å². The van der Waals surface area contributed by atoms with Crippen molar-refractivity contribution in [2.75, 3.05) is 25.6 Å². The lowest BCUT2D eigenvalue weighted by atomic mass is 10.1. The smallest absolute Gasteiger partial charge is 0.294 e. The van der Waals surface area contributed by atoms with Crippen LogP contribution in [0.2, 0.25) is 0 Å². The van der Waals surface area contributed by atoms with Crippen LogP contribution < -0.4 is 19.5 Å². The minimum Gasteiger partial charge on any atom is -0.494 e. The Balaban J connectivity index is 1.71. The Kier molecular flexibility index (Phi) is 9.22. The molecule has 0 unspecified atom stereocenters. The number of carbonyl (C=O) groups excluding carboxylic acids is 3. The lowest BCUT2D eigenvalue weighted by Crippen LogP contribution is -2.36. The molecule has 1 aliphatic rings. The highest BCUT2D eigenvalue weighted by atomic mass is 79.9. The highest BCUT2D eigenvalue weighted by Crippen LogP contribution is 2.39. The van der Waals surface area contributed by atoms with Crippen molar-refractivity contribution in [2.45, 2.75) is 33.3 Å². The van der Waals surface area contributed by atoms with Crippen molar-refractivity contribution < 1.29 is 28.6 Å². The van der Waals surface area contributed by atoms with Gasteiger partial charge < -0.3 is 19.5 Å². The van der Waals surface area contributed by atoms with Gasteiger partial charge in [-0.2, -0.15) is 0 Å². The van der Waals surface area contributed by atoms with Crippen LogP contribution in [-0.2, 0) is 9.59 Å². The summed E-state index contributed by atoms with van der Waals surface area (Å²) in [4.78, 5) is 38.9. The summed E-state index contributed by atoms with van der Waals surface area (Å²) < 4.78 is 17.4. The van der Waals surface area contributed by atoms with Gasteiger partial charge in [0.25, 0.3) is 11.1 Å². The lowest BCUT2D eigenvalue weighted by Gasteiger charge is -2.17. The van der Waals surface area contributed by atoms with Gasteiger partial charge in [0.15, 0.2) is 11.5 Å². The number of benzene rings is 2. The van der Waals surface area contributed by atoms with Crippen molar-refractivity contribution in [3.8, 4) is 17.2 Å². The number of carbonyl (C=O) groups is 3. The molecule has 2 aromatic rings. The van der Waals surface area contributed by atoms with Crippen LogP contribution in [0.4, 0.5) is 10.5 Å². The van der Waals surface area contributed by atoms with Gasteiger partial charge in [0.1, 0.15) is 12.3 Å². The van der Waals surface area contributed by atoms with Crippen molar-refractivity contribution in [1.29, 1.82) is 0 Å². The zero-order chi connectivity index (χ0) is 25.5. The van der Waals surface area contributed by atoms with Gasteiger partial charge in [0, 0.05) is 5.69 Å². The van der Waals surface area contributed by atoms with Crippen LogP contribution in [0, 0.1) is 0 Å². The number of halogens is 1. The standard InChI is InChI=1S/C25H27BrN2O6S/c1-5-15(3)34-23-19(26)11-16(12-20(23)32-4)13-21-24(30)28(25(31)35-21)14-22(29)27-17-7-9-18(10-8-17)33-6-2/h7-13,15H,5-6,14H2,1-4H3,(H,27,29)/b21-13+/t15-/m0/s1. The van der Waals surface area contributed by atoms with Crippen LogP contribution in [0.25, 0.3) is 6.08 Å². The van der Waals surface area contributed by atoms with Crippen LogP contribution in [0.3, 0.4) is 0 Å². The first-order chi connectivity index (χ1) is 16.7. The number of anilines is 1. The van der Waals surface area contributed by atoms with E-state index in [1.54, 1.807) is 42.5 Å². The van der Waals surface area contributed by atoms with Crippen molar-refractivity contribution >= 4 is 56.5 Å². The molecule has 0 saturated carbocycles. The molecule has 186 valence electrons. The summed E-state index contributed by atoms with van der Waals surface area (Å²) in [5, 5.41) is 2.18. The molecular weight excluding hydrogens is 536 g/mol. The molecule has 1 heterocycles. The summed E-state index contributed by atoms with van der Waals surface area (Å²) in [5.41, 5.74) is 1.19. The number of nitrogens with one attached hydrogen (secondary N) is 1. The van der Waals surface area contributed by atoms with E-state index in [0.29, 0.717) is 39.6 Å². The Bertz CT molecular complexity index is 1140. The minimum absolute atomic E-state index is 0.00342. The molecule has 1 fully saturated rings. The molecule has 8 nitrogen and oxygen atoms in total. The maximum absolute atomic E-state index is 12.9. The van der Waals surface area contributed by atoms with Crippen LogP contribution >= 0.6 is 27.7 Å². The average Bonchev–Trinajstić information content (AvgIpc) is 3.09. The number of methoxy groups -OCH3 is 1.